The van der Waals surface area contributed by atoms with Crippen LogP contribution in [0.25, 0.3) is 0 Å². The van der Waals surface area contributed by atoms with E-state index in [0.717, 1.165) is 10.5 Å². The van der Waals surface area contributed by atoms with Crippen LogP contribution in [0.2, 0.25) is 0 Å². The molecule has 0 radical (unpaired) electrons. The molecule has 0 spiro atoms. The fourth-order valence-electron chi connectivity index (χ4n) is 2.91. The van der Waals surface area contributed by atoms with Crippen molar-refractivity contribution in [3.05, 3.63) is 70.8 Å². The highest BCUT2D eigenvalue weighted by atomic mass is 16.5. The Balaban J connectivity index is 1.46. The van der Waals surface area contributed by atoms with Gasteiger partial charge in [-0.05, 0) is 25.5 Å². The zero-order chi connectivity index (χ0) is 19.4. The topological polar surface area (TPSA) is 80.8 Å². The number of carbonyl (C=O) groups is 4. The van der Waals surface area contributed by atoms with Gasteiger partial charge in [-0.25, -0.2) is 0 Å². The minimum atomic E-state index is -0.535. The molecule has 2 aromatic carbocycles. The number of amides is 2. The van der Waals surface area contributed by atoms with E-state index >= 15 is 0 Å². The lowest BCUT2D eigenvalue weighted by Crippen LogP contribution is -2.31. The van der Waals surface area contributed by atoms with Crippen LogP contribution in [0.4, 0.5) is 0 Å². The predicted octanol–water partition coefficient (Wildman–Crippen LogP) is 2.80. The van der Waals surface area contributed by atoms with Gasteiger partial charge in [0.2, 0.25) is 0 Å². The highest BCUT2D eigenvalue weighted by molar-refractivity contribution is 6.21. The summed E-state index contributed by atoms with van der Waals surface area (Å²) in [5.74, 6) is -1.50. The number of nitrogens with zero attached hydrogens (tertiary/aromatic N) is 1. The van der Waals surface area contributed by atoms with E-state index in [4.69, 9.17) is 4.74 Å². The number of ketones is 1. The van der Waals surface area contributed by atoms with Gasteiger partial charge in [0.25, 0.3) is 11.8 Å². The first-order valence-corrected chi connectivity index (χ1v) is 8.68. The van der Waals surface area contributed by atoms with Gasteiger partial charge in [0.1, 0.15) is 0 Å². The van der Waals surface area contributed by atoms with Crippen LogP contribution in [0.15, 0.2) is 48.5 Å². The van der Waals surface area contributed by atoms with Crippen molar-refractivity contribution in [2.45, 2.75) is 19.8 Å². The molecule has 0 N–H and O–H groups in total. The Morgan fingerprint density at radius 2 is 1.67 bits per heavy atom. The van der Waals surface area contributed by atoms with Crippen LogP contribution in [0.5, 0.6) is 0 Å². The Morgan fingerprint density at radius 3 is 2.41 bits per heavy atom. The maximum absolute atomic E-state index is 12.4. The smallest absolute Gasteiger partial charge is 0.306 e. The van der Waals surface area contributed by atoms with E-state index in [9.17, 15) is 19.2 Å². The largest absolute Gasteiger partial charge is 0.457 e. The highest BCUT2D eigenvalue weighted by Gasteiger charge is 2.35. The Bertz CT molecular complexity index is 904. The van der Waals surface area contributed by atoms with Crippen LogP contribution in [-0.2, 0) is 9.53 Å². The zero-order valence-corrected chi connectivity index (χ0v) is 14.9. The van der Waals surface area contributed by atoms with Gasteiger partial charge in [0, 0.05) is 18.5 Å². The molecule has 138 valence electrons. The van der Waals surface area contributed by atoms with E-state index in [1.165, 1.54) is 0 Å². The number of fused-ring (bicyclic) bond motifs is 1. The molecule has 2 amide bonds. The second-order valence-electron chi connectivity index (χ2n) is 6.36. The highest BCUT2D eigenvalue weighted by Crippen LogP contribution is 2.24. The van der Waals surface area contributed by atoms with Crippen molar-refractivity contribution in [1.29, 1.82) is 0 Å². The second kappa shape index (κ2) is 7.95. The van der Waals surface area contributed by atoms with Crippen LogP contribution >= 0.6 is 0 Å². The molecule has 0 bridgehead atoms. The molecular formula is C21H19NO5. The number of rotatable bonds is 7. The quantitative estimate of drug-likeness (QED) is 0.428. The Hall–Kier alpha value is -3.28. The summed E-state index contributed by atoms with van der Waals surface area (Å²) in [6.07, 6.45) is 0.303. The Kier molecular flexibility index (Phi) is 5.45. The van der Waals surface area contributed by atoms with Gasteiger partial charge in [0.15, 0.2) is 12.4 Å². The van der Waals surface area contributed by atoms with Gasteiger partial charge in [-0.15, -0.1) is 0 Å². The molecule has 6 nitrogen and oxygen atoms in total. The first-order valence-electron chi connectivity index (χ1n) is 8.68. The molecule has 0 aromatic heterocycles. The number of carbonyl (C=O) groups excluding carboxylic acids is 4. The van der Waals surface area contributed by atoms with Crippen molar-refractivity contribution < 1.29 is 23.9 Å². The SMILES string of the molecule is Cc1ccc2c(c1)C(=O)N(CCCC(=O)OCC(=O)c1ccccc1)C2=O. The summed E-state index contributed by atoms with van der Waals surface area (Å²) in [7, 11) is 0. The predicted molar refractivity (Wildman–Crippen MR) is 97.5 cm³/mol. The van der Waals surface area contributed by atoms with E-state index in [1.54, 1.807) is 48.5 Å². The van der Waals surface area contributed by atoms with E-state index in [-0.39, 0.29) is 43.6 Å². The number of hydrogen-bond donors (Lipinski definition) is 0. The molecule has 0 unspecified atom stereocenters. The second-order valence-corrected chi connectivity index (χ2v) is 6.36. The van der Waals surface area contributed by atoms with Crippen LogP contribution in [0.3, 0.4) is 0 Å². The number of hydrogen-bond acceptors (Lipinski definition) is 5. The molecule has 0 aliphatic carbocycles. The molecule has 1 aliphatic heterocycles. The molecule has 3 rings (SSSR count). The normalized spacial score (nSPS) is 12.9. The lowest BCUT2D eigenvalue weighted by Gasteiger charge is -2.13. The monoisotopic (exact) mass is 365 g/mol. The van der Waals surface area contributed by atoms with E-state index in [0.29, 0.717) is 16.7 Å². The maximum Gasteiger partial charge on any atom is 0.306 e. The number of imide groups is 1. The molecule has 1 aliphatic rings. The first kappa shape index (κ1) is 18.5. The van der Waals surface area contributed by atoms with Crippen molar-refractivity contribution in [3.63, 3.8) is 0 Å². The van der Waals surface area contributed by atoms with Gasteiger partial charge in [-0.1, -0.05) is 42.0 Å². The summed E-state index contributed by atoms with van der Waals surface area (Å²) in [6.45, 7) is 1.66. The molecule has 0 saturated carbocycles. The Morgan fingerprint density at radius 1 is 0.963 bits per heavy atom. The molecule has 6 heteroatoms. The molecule has 0 fully saturated rings. The summed E-state index contributed by atoms with van der Waals surface area (Å²) >= 11 is 0. The van der Waals surface area contributed by atoms with Crippen molar-refractivity contribution in [1.82, 2.24) is 4.90 Å². The van der Waals surface area contributed by atoms with E-state index in [2.05, 4.69) is 0 Å². The van der Waals surface area contributed by atoms with Gasteiger partial charge < -0.3 is 4.74 Å². The molecule has 1 heterocycles. The van der Waals surface area contributed by atoms with Crippen molar-refractivity contribution in [3.8, 4) is 0 Å². The number of ether oxygens (including phenoxy) is 1. The van der Waals surface area contributed by atoms with Crippen molar-refractivity contribution in [2.24, 2.45) is 0 Å². The first-order chi connectivity index (χ1) is 13.0. The third-order valence-electron chi connectivity index (χ3n) is 4.35. The van der Waals surface area contributed by atoms with E-state index in [1.807, 2.05) is 6.92 Å². The molecule has 0 saturated heterocycles. The molecular weight excluding hydrogens is 346 g/mol. The fourth-order valence-corrected chi connectivity index (χ4v) is 2.91. The lowest BCUT2D eigenvalue weighted by molar-refractivity contribution is -0.142. The van der Waals surface area contributed by atoms with E-state index < -0.39 is 5.97 Å². The summed E-state index contributed by atoms with van der Waals surface area (Å²) < 4.78 is 4.98. The summed E-state index contributed by atoms with van der Waals surface area (Å²) in [5, 5.41) is 0. The Labute approximate surface area is 156 Å². The number of esters is 1. The number of Topliss-reactive ketones (excluding diaryl/α,β-unsaturated/α-hetero) is 1. The average molecular weight is 365 g/mol. The number of benzene rings is 2. The van der Waals surface area contributed by atoms with Gasteiger partial charge in [-0.3, -0.25) is 24.1 Å². The van der Waals surface area contributed by atoms with Gasteiger partial charge in [0.05, 0.1) is 11.1 Å². The third-order valence-corrected chi connectivity index (χ3v) is 4.35. The van der Waals surface area contributed by atoms with Crippen LogP contribution < -0.4 is 0 Å². The summed E-state index contributed by atoms with van der Waals surface area (Å²) in [6, 6.07) is 13.7. The minimum Gasteiger partial charge on any atom is -0.457 e. The zero-order valence-electron chi connectivity index (χ0n) is 14.9. The molecule has 2 aromatic rings. The van der Waals surface area contributed by atoms with Crippen molar-refractivity contribution in [2.75, 3.05) is 13.2 Å². The number of aryl methyl sites for hydroxylation is 1. The molecule has 27 heavy (non-hydrogen) atoms. The maximum atomic E-state index is 12.4. The fraction of sp³-hybridized carbons (Fsp3) is 0.238. The van der Waals surface area contributed by atoms with Gasteiger partial charge in [-0.2, -0.15) is 0 Å². The standard InChI is InChI=1S/C21H19NO5/c1-14-9-10-16-17(12-14)21(26)22(20(16)25)11-5-8-19(24)27-13-18(23)15-6-3-2-4-7-15/h2-4,6-7,9-10,12H,5,8,11,13H2,1H3. The average Bonchev–Trinajstić information content (AvgIpc) is 2.91. The summed E-state index contributed by atoms with van der Waals surface area (Å²) in [5.41, 5.74) is 2.17. The van der Waals surface area contributed by atoms with Gasteiger partial charge >= 0.3 is 5.97 Å². The summed E-state index contributed by atoms with van der Waals surface area (Å²) in [4.78, 5) is 49.5. The van der Waals surface area contributed by atoms with Crippen molar-refractivity contribution >= 4 is 23.6 Å². The van der Waals surface area contributed by atoms with Crippen LogP contribution in [-0.4, -0.2) is 41.6 Å². The van der Waals surface area contributed by atoms with Crippen LogP contribution in [0, 0.1) is 6.92 Å². The minimum absolute atomic E-state index is 0.0223. The lowest BCUT2D eigenvalue weighted by atomic mass is 10.1. The third kappa shape index (κ3) is 4.11. The molecule has 0 atom stereocenters. The van der Waals surface area contributed by atoms with Crippen LogP contribution in [0.1, 0.15) is 49.5 Å².